The first-order chi connectivity index (χ1) is 16.2. The van der Waals surface area contributed by atoms with E-state index in [1.807, 2.05) is 0 Å². The second-order valence-corrected chi connectivity index (χ2v) is 11.1. The number of carbonyl (C=O) groups is 1. The fourth-order valence-corrected chi connectivity index (χ4v) is 5.03. The van der Waals surface area contributed by atoms with Crippen LogP contribution < -0.4 is 10.1 Å². The van der Waals surface area contributed by atoms with Gasteiger partial charge >= 0.3 is 0 Å². The quantitative estimate of drug-likeness (QED) is 0.416. The zero-order valence-electron chi connectivity index (χ0n) is 18.7. The monoisotopic (exact) mass is 501 g/mol. The fourth-order valence-electron chi connectivity index (χ4n) is 3.99. The first kappa shape index (κ1) is 24.2. The Morgan fingerprint density at radius 3 is 2.29 bits per heavy atom. The maximum atomic E-state index is 14.5. The van der Waals surface area contributed by atoms with Crippen molar-refractivity contribution in [2.45, 2.75) is 43.1 Å². The minimum Gasteiger partial charge on any atom is -0.482 e. The molecule has 0 atom stereocenters. The van der Waals surface area contributed by atoms with Crippen LogP contribution in [-0.4, -0.2) is 20.1 Å². The molecule has 1 amide bonds. The molecule has 0 aliphatic heterocycles. The van der Waals surface area contributed by atoms with E-state index in [1.165, 1.54) is 18.2 Å². The maximum absolute atomic E-state index is 14.5. The summed E-state index contributed by atoms with van der Waals surface area (Å²) in [7, 11) is -3.27. The van der Waals surface area contributed by atoms with Crippen molar-refractivity contribution in [1.29, 1.82) is 0 Å². The Balaban J connectivity index is 1.38. The highest BCUT2D eigenvalue weighted by atomic mass is 35.5. The van der Waals surface area contributed by atoms with E-state index in [1.54, 1.807) is 55.5 Å². The minimum atomic E-state index is -3.27. The van der Waals surface area contributed by atoms with Gasteiger partial charge in [0.15, 0.2) is 9.84 Å². The Morgan fingerprint density at radius 2 is 1.74 bits per heavy atom. The van der Waals surface area contributed by atoms with E-state index in [2.05, 4.69) is 5.32 Å². The van der Waals surface area contributed by atoms with Crippen molar-refractivity contribution in [2.75, 3.05) is 11.1 Å². The van der Waals surface area contributed by atoms with E-state index < -0.39 is 15.4 Å². The zero-order chi connectivity index (χ0) is 24.3. The summed E-state index contributed by atoms with van der Waals surface area (Å²) in [6, 6.07) is 17.9. The van der Waals surface area contributed by atoms with Crippen LogP contribution in [0.2, 0.25) is 5.02 Å². The fraction of sp³-hybridized carbons (Fsp3) is 0.269. The van der Waals surface area contributed by atoms with Gasteiger partial charge in [-0.25, -0.2) is 12.8 Å². The molecule has 8 heteroatoms. The topological polar surface area (TPSA) is 72.5 Å². The van der Waals surface area contributed by atoms with E-state index >= 15 is 0 Å². The molecule has 3 aromatic rings. The highest BCUT2D eigenvalue weighted by Gasteiger charge is 2.43. The average Bonchev–Trinajstić information content (AvgIpc) is 2.78. The second-order valence-electron chi connectivity index (χ2n) is 8.37. The van der Waals surface area contributed by atoms with Crippen LogP contribution in [0.5, 0.6) is 5.75 Å². The minimum absolute atomic E-state index is 0.0301. The smallest absolute Gasteiger partial charge is 0.228 e. The van der Waals surface area contributed by atoms with Gasteiger partial charge in [-0.2, -0.15) is 0 Å². The van der Waals surface area contributed by atoms with Crippen LogP contribution >= 0.6 is 11.6 Å². The molecule has 1 saturated carbocycles. The third-order valence-corrected chi connectivity index (χ3v) is 8.05. The molecule has 5 nitrogen and oxygen atoms in total. The predicted octanol–water partition coefficient (Wildman–Crippen LogP) is 5.91. The van der Waals surface area contributed by atoms with Crippen LogP contribution in [0.3, 0.4) is 0 Å². The number of hydrogen-bond acceptors (Lipinski definition) is 4. The van der Waals surface area contributed by atoms with Crippen LogP contribution in [0.15, 0.2) is 71.6 Å². The standard InChI is InChI=1S/C26H25ClFNO4S/c1-2-34(31,32)22-11-4-18(5-12-22)16-25(30)29-20-7-9-21(10-8-20)33-26(14-3-15-26)23-13-6-19(27)17-24(23)28/h4-13,17H,2-3,14-16H2,1H3,(H,29,30). The Morgan fingerprint density at radius 1 is 1.06 bits per heavy atom. The number of amides is 1. The molecule has 4 rings (SSSR count). The zero-order valence-corrected chi connectivity index (χ0v) is 20.3. The Kier molecular flexibility index (Phi) is 6.96. The molecule has 34 heavy (non-hydrogen) atoms. The van der Waals surface area contributed by atoms with Crippen LogP contribution in [-0.2, 0) is 26.7 Å². The molecule has 3 aromatic carbocycles. The molecule has 1 aliphatic carbocycles. The number of rotatable bonds is 8. The van der Waals surface area contributed by atoms with Gasteiger partial charge in [0.2, 0.25) is 5.91 Å². The highest BCUT2D eigenvalue weighted by molar-refractivity contribution is 7.91. The van der Waals surface area contributed by atoms with Gasteiger partial charge in [0.25, 0.3) is 0 Å². The van der Waals surface area contributed by atoms with Gasteiger partial charge in [-0.3, -0.25) is 4.79 Å². The first-order valence-corrected chi connectivity index (χ1v) is 13.1. The van der Waals surface area contributed by atoms with E-state index in [4.69, 9.17) is 16.3 Å². The normalized spacial score (nSPS) is 14.8. The summed E-state index contributed by atoms with van der Waals surface area (Å²) in [6.45, 7) is 1.59. The third kappa shape index (κ3) is 5.26. The molecule has 0 radical (unpaired) electrons. The number of halogens is 2. The van der Waals surface area contributed by atoms with E-state index in [0.717, 1.165) is 6.42 Å². The average molecular weight is 502 g/mol. The molecule has 1 aliphatic rings. The Hall–Kier alpha value is -2.90. The van der Waals surface area contributed by atoms with Crippen molar-refractivity contribution in [3.05, 3.63) is 88.7 Å². The van der Waals surface area contributed by atoms with Gasteiger partial charge in [-0.05, 0) is 73.4 Å². The number of anilines is 1. The molecule has 178 valence electrons. The summed E-state index contributed by atoms with van der Waals surface area (Å²) >= 11 is 5.89. The van der Waals surface area contributed by atoms with Crippen molar-refractivity contribution in [3.63, 3.8) is 0 Å². The lowest BCUT2D eigenvalue weighted by Crippen LogP contribution is -2.41. The van der Waals surface area contributed by atoms with Gasteiger partial charge in [-0.1, -0.05) is 36.7 Å². The SMILES string of the molecule is CCS(=O)(=O)c1ccc(CC(=O)Nc2ccc(OC3(c4ccc(Cl)cc4F)CCC3)cc2)cc1. The molecule has 0 saturated heterocycles. The van der Waals surface area contributed by atoms with Gasteiger partial charge < -0.3 is 10.1 Å². The predicted molar refractivity (Wildman–Crippen MR) is 131 cm³/mol. The summed E-state index contributed by atoms with van der Waals surface area (Å²) < 4.78 is 44.5. The van der Waals surface area contributed by atoms with Crippen LogP contribution in [0.25, 0.3) is 0 Å². The number of sulfone groups is 1. The molecule has 0 unspecified atom stereocenters. The van der Waals surface area contributed by atoms with Gasteiger partial charge in [-0.15, -0.1) is 0 Å². The number of hydrogen-bond donors (Lipinski definition) is 1. The lowest BCUT2D eigenvalue weighted by Gasteiger charge is -2.42. The number of nitrogens with one attached hydrogen (secondary N) is 1. The molecule has 1 fully saturated rings. The molecular formula is C26H25ClFNO4S. The molecule has 0 spiro atoms. The lowest BCUT2D eigenvalue weighted by molar-refractivity contribution is -0.115. The number of benzene rings is 3. The van der Waals surface area contributed by atoms with Crippen molar-refractivity contribution in [3.8, 4) is 5.75 Å². The largest absolute Gasteiger partial charge is 0.482 e. The molecule has 0 bridgehead atoms. The van der Waals surface area contributed by atoms with E-state index in [-0.39, 0.29) is 28.8 Å². The van der Waals surface area contributed by atoms with E-state index in [0.29, 0.717) is 40.4 Å². The van der Waals surface area contributed by atoms with Crippen molar-refractivity contribution in [2.24, 2.45) is 0 Å². The van der Waals surface area contributed by atoms with Crippen molar-refractivity contribution in [1.82, 2.24) is 0 Å². The van der Waals surface area contributed by atoms with Gasteiger partial charge in [0, 0.05) is 16.3 Å². The van der Waals surface area contributed by atoms with Crippen LogP contribution in [0.1, 0.15) is 37.3 Å². The summed E-state index contributed by atoms with van der Waals surface area (Å²) in [5, 5.41) is 3.17. The van der Waals surface area contributed by atoms with E-state index in [9.17, 15) is 17.6 Å². The molecule has 0 heterocycles. The second kappa shape index (κ2) is 9.76. The number of ether oxygens (including phenoxy) is 1. The third-order valence-electron chi connectivity index (χ3n) is 6.06. The first-order valence-electron chi connectivity index (χ1n) is 11.1. The summed E-state index contributed by atoms with van der Waals surface area (Å²) in [5.41, 5.74) is 1.10. The Labute approximate surface area is 203 Å². The molecule has 0 aromatic heterocycles. The highest BCUT2D eigenvalue weighted by Crippen LogP contribution is 2.46. The van der Waals surface area contributed by atoms with Gasteiger partial charge in [0.1, 0.15) is 17.2 Å². The summed E-state index contributed by atoms with van der Waals surface area (Å²) in [5.74, 6) is 0.0112. The maximum Gasteiger partial charge on any atom is 0.228 e. The van der Waals surface area contributed by atoms with Crippen molar-refractivity contribution < 1.29 is 22.3 Å². The molecular weight excluding hydrogens is 477 g/mol. The van der Waals surface area contributed by atoms with Crippen LogP contribution in [0, 0.1) is 5.82 Å². The molecule has 1 N–H and O–H groups in total. The lowest BCUT2D eigenvalue weighted by atomic mass is 9.74. The summed E-state index contributed by atoms with van der Waals surface area (Å²) in [6.07, 6.45) is 2.48. The van der Waals surface area contributed by atoms with Crippen molar-refractivity contribution >= 4 is 33.0 Å². The number of carbonyl (C=O) groups excluding carboxylic acids is 1. The van der Waals surface area contributed by atoms with Gasteiger partial charge in [0.05, 0.1) is 17.1 Å². The Bertz CT molecular complexity index is 1290. The van der Waals surface area contributed by atoms with Crippen LogP contribution in [0.4, 0.5) is 10.1 Å². The summed E-state index contributed by atoms with van der Waals surface area (Å²) in [4.78, 5) is 12.7.